The number of benzene rings is 2. The summed E-state index contributed by atoms with van der Waals surface area (Å²) in [5, 5.41) is 6.68. The Hall–Kier alpha value is -2.34. The summed E-state index contributed by atoms with van der Waals surface area (Å²) in [6, 6.07) is 16.5. The van der Waals surface area contributed by atoms with Crippen LogP contribution in [0.5, 0.6) is 11.5 Å². The Kier molecular flexibility index (Phi) is 7.07. The van der Waals surface area contributed by atoms with Crippen molar-refractivity contribution >= 4 is 17.7 Å². The molecule has 1 aliphatic rings. The zero-order valence-corrected chi connectivity index (χ0v) is 15.8. The maximum absolute atomic E-state index is 5.74. The highest BCUT2D eigenvalue weighted by Gasteiger charge is 2.10. The van der Waals surface area contributed by atoms with Crippen molar-refractivity contribution in [1.82, 2.24) is 10.6 Å². The molecule has 0 saturated carbocycles. The number of nitrogens with one attached hydrogen (secondary N) is 2. The molecule has 2 N–H and O–H groups in total. The van der Waals surface area contributed by atoms with Gasteiger partial charge in [-0.1, -0.05) is 24.3 Å². The van der Waals surface area contributed by atoms with Crippen LogP contribution in [0.3, 0.4) is 0 Å². The highest BCUT2D eigenvalue weighted by atomic mass is 32.2. The third-order valence-corrected chi connectivity index (χ3v) is 4.92. The Morgan fingerprint density at radius 3 is 2.65 bits per heavy atom. The fourth-order valence-corrected chi connectivity index (χ4v) is 3.37. The van der Waals surface area contributed by atoms with E-state index in [0.29, 0.717) is 19.8 Å². The minimum absolute atomic E-state index is 0.683. The summed E-state index contributed by atoms with van der Waals surface area (Å²) in [4.78, 5) is 5.56. The molecule has 5 nitrogen and oxygen atoms in total. The van der Waals surface area contributed by atoms with Crippen LogP contribution in [0.1, 0.15) is 12.0 Å². The zero-order chi connectivity index (χ0) is 18.0. The van der Waals surface area contributed by atoms with Crippen LogP contribution in [0.25, 0.3) is 0 Å². The molecule has 138 valence electrons. The van der Waals surface area contributed by atoms with Crippen molar-refractivity contribution in [3.05, 3.63) is 54.1 Å². The lowest BCUT2D eigenvalue weighted by Crippen LogP contribution is -2.37. The quantitative estimate of drug-likeness (QED) is 0.353. The zero-order valence-electron chi connectivity index (χ0n) is 15.0. The minimum atomic E-state index is 0.683. The van der Waals surface area contributed by atoms with Gasteiger partial charge in [-0.2, -0.15) is 0 Å². The molecule has 0 atom stereocenters. The molecule has 0 spiro atoms. The number of nitrogens with zero attached hydrogens (tertiary/aromatic N) is 1. The molecule has 3 rings (SSSR count). The van der Waals surface area contributed by atoms with Gasteiger partial charge in [0, 0.05) is 37.2 Å². The number of aliphatic imine (C=N–C) groups is 1. The van der Waals surface area contributed by atoms with Crippen LogP contribution in [0.2, 0.25) is 0 Å². The summed E-state index contributed by atoms with van der Waals surface area (Å²) >= 11 is 1.83. The minimum Gasteiger partial charge on any atom is -0.490 e. The second-order valence-electron chi connectivity index (χ2n) is 5.85. The van der Waals surface area contributed by atoms with E-state index in [9.17, 15) is 0 Å². The van der Waals surface area contributed by atoms with Gasteiger partial charge in [0.15, 0.2) is 17.5 Å². The molecule has 0 radical (unpaired) electrons. The Morgan fingerprint density at radius 1 is 1.04 bits per heavy atom. The van der Waals surface area contributed by atoms with Gasteiger partial charge in [0.1, 0.15) is 0 Å². The van der Waals surface area contributed by atoms with Crippen LogP contribution in [0, 0.1) is 0 Å². The molecule has 0 amide bonds. The molecule has 0 fully saturated rings. The van der Waals surface area contributed by atoms with Gasteiger partial charge in [-0.05, 0) is 29.8 Å². The highest BCUT2D eigenvalue weighted by molar-refractivity contribution is 7.99. The van der Waals surface area contributed by atoms with Gasteiger partial charge >= 0.3 is 0 Å². The first kappa shape index (κ1) is 18.5. The van der Waals surface area contributed by atoms with Gasteiger partial charge in [0.2, 0.25) is 0 Å². The highest BCUT2D eigenvalue weighted by Crippen LogP contribution is 2.30. The fraction of sp³-hybridized carbons (Fsp3) is 0.350. The number of fused-ring (bicyclic) bond motifs is 1. The molecule has 0 unspecified atom stereocenters. The van der Waals surface area contributed by atoms with Crippen LogP contribution in [-0.2, 0) is 6.54 Å². The van der Waals surface area contributed by atoms with Gasteiger partial charge in [0.05, 0.1) is 13.2 Å². The maximum Gasteiger partial charge on any atom is 0.191 e. The Bertz CT molecular complexity index is 722. The van der Waals surface area contributed by atoms with E-state index in [2.05, 4.69) is 46.0 Å². The summed E-state index contributed by atoms with van der Waals surface area (Å²) < 4.78 is 11.4. The van der Waals surface area contributed by atoms with Gasteiger partial charge in [0.25, 0.3) is 0 Å². The number of hydrogen-bond donors (Lipinski definition) is 2. The maximum atomic E-state index is 5.74. The van der Waals surface area contributed by atoms with E-state index >= 15 is 0 Å². The van der Waals surface area contributed by atoms with E-state index < -0.39 is 0 Å². The lowest BCUT2D eigenvalue weighted by molar-refractivity contribution is 0.297. The smallest absolute Gasteiger partial charge is 0.191 e. The normalized spacial score (nSPS) is 13.8. The molecular weight excluding hydrogens is 346 g/mol. The summed E-state index contributed by atoms with van der Waals surface area (Å²) in [6.45, 7) is 2.94. The Labute approximate surface area is 159 Å². The van der Waals surface area contributed by atoms with Gasteiger partial charge in [-0.15, -0.1) is 11.8 Å². The first-order valence-corrected chi connectivity index (χ1v) is 9.84. The molecule has 6 heteroatoms. The summed E-state index contributed by atoms with van der Waals surface area (Å²) in [6.07, 6.45) is 0.916. The van der Waals surface area contributed by atoms with Gasteiger partial charge in [-0.25, -0.2) is 0 Å². The van der Waals surface area contributed by atoms with Crippen molar-refractivity contribution < 1.29 is 9.47 Å². The Morgan fingerprint density at radius 2 is 1.85 bits per heavy atom. The number of hydrogen-bond acceptors (Lipinski definition) is 4. The SMILES string of the molecule is CN=C(NCCSc1ccccc1)NCc1ccc2c(c1)OCCCO2. The molecule has 2 aromatic carbocycles. The van der Waals surface area contributed by atoms with Crippen LogP contribution >= 0.6 is 11.8 Å². The number of guanidine groups is 1. The lowest BCUT2D eigenvalue weighted by Gasteiger charge is -2.13. The van der Waals surface area contributed by atoms with Crippen molar-refractivity contribution in [3.8, 4) is 11.5 Å². The first-order chi connectivity index (χ1) is 12.8. The van der Waals surface area contributed by atoms with Crippen molar-refractivity contribution in [1.29, 1.82) is 0 Å². The van der Waals surface area contributed by atoms with Crippen LogP contribution in [0.4, 0.5) is 0 Å². The molecule has 0 aliphatic carbocycles. The van der Waals surface area contributed by atoms with E-state index in [4.69, 9.17) is 9.47 Å². The monoisotopic (exact) mass is 371 g/mol. The lowest BCUT2D eigenvalue weighted by atomic mass is 10.2. The molecule has 1 aliphatic heterocycles. The van der Waals surface area contributed by atoms with Gasteiger partial charge < -0.3 is 20.1 Å². The van der Waals surface area contributed by atoms with Crippen molar-refractivity contribution in [3.63, 3.8) is 0 Å². The Balaban J connectivity index is 1.43. The topological polar surface area (TPSA) is 54.9 Å². The third kappa shape index (κ3) is 5.59. The predicted molar refractivity (Wildman–Crippen MR) is 107 cm³/mol. The van der Waals surface area contributed by atoms with E-state index in [-0.39, 0.29) is 0 Å². The summed E-state index contributed by atoms with van der Waals surface area (Å²) in [5.74, 6) is 3.43. The van der Waals surface area contributed by atoms with E-state index in [1.165, 1.54) is 4.90 Å². The van der Waals surface area contributed by atoms with Crippen molar-refractivity contribution in [2.75, 3.05) is 32.6 Å². The van der Waals surface area contributed by atoms with Crippen molar-refractivity contribution in [2.45, 2.75) is 17.9 Å². The number of rotatable bonds is 6. The largest absolute Gasteiger partial charge is 0.490 e. The van der Waals surface area contributed by atoms with Crippen LogP contribution in [0.15, 0.2) is 58.4 Å². The molecule has 26 heavy (non-hydrogen) atoms. The predicted octanol–water partition coefficient (Wildman–Crippen LogP) is 3.31. The molecule has 0 saturated heterocycles. The number of thioether (sulfide) groups is 1. The number of ether oxygens (including phenoxy) is 2. The molecule has 1 heterocycles. The molecule has 0 bridgehead atoms. The van der Waals surface area contributed by atoms with E-state index in [0.717, 1.165) is 41.7 Å². The molecule has 2 aromatic rings. The van der Waals surface area contributed by atoms with Crippen LogP contribution < -0.4 is 20.1 Å². The van der Waals surface area contributed by atoms with Crippen molar-refractivity contribution in [2.24, 2.45) is 4.99 Å². The standard InChI is InChI=1S/C20H25N3O2S/c1-21-20(22-10-13-26-17-6-3-2-4-7-17)23-15-16-8-9-18-19(14-16)25-12-5-11-24-18/h2-4,6-9,14H,5,10-13,15H2,1H3,(H2,21,22,23). The van der Waals surface area contributed by atoms with E-state index in [1.807, 2.05) is 30.0 Å². The van der Waals surface area contributed by atoms with Crippen LogP contribution in [-0.4, -0.2) is 38.5 Å². The average molecular weight is 372 g/mol. The van der Waals surface area contributed by atoms with E-state index in [1.54, 1.807) is 7.05 Å². The second-order valence-corrected chi connectivity index (χ2v) is 7.01. The third-order valence-electron chi connectivity index (χ3n) is 3.90. The molecular formula is C20H25N3O2S. The summed E-state index contributed by atoms with van der Waals surface area (Å²) in [5.41, 5.74) is 1.14. The second kappa shape index (κ2) is 9.97. The summed E-state index contributed by atoms with van der Waals surface area (Å²) in [7, 11) is 1.79. The average Bonchev–Trinajstić information content (AvgIpc) is 2.93. The first-order valence-electron chi connectivity index (χ1n) is 8.86. The molecule has 0 aromatic heterocycles. The fourth-order valence-electron chi connectivity index (χ4n) is 2.58. The van der Waals surface area contributed by atoms with Gasteiger partial charge in [-0.3, -0.25) is 4.99 Å².